The first-order valence-electron chi connectivity index (χ1n) is 22.5. The highest BCUT2D eigenvalue weighted by Crippen LogP contribution is 2.64. The number of nitrogens with zero attached hydrogens (tertiary/aromatic N) is 1. The third-order valence-corrected chi connectivity index (χ3v) is 14.3. The van der Waals surface area contributed by atoms with E-state index in [1.807, 2.05) is 6.07 Å². The minimum atomic E-state index is -0.692. The van der Waals surface area contributed by atoms with Gasteiger partial charge in [0.2, 0.25) is 0 Å². The Balaban J connectivity index is 1.12. The molecule has 0 saturated heterocycles. The molecular weight excluding hydrogens is 787 g/mol. The van der Waals surface area contributed by atoms with E-state index in [0.29, 0.717) is 0 Å². The Morgan fingerprint density at radius 1 is 0.292 bits per heavy atom. The van der Waals surface area contributed by atoms with Crippen LogP contribution in [0.5, 0.6) is 0 Å². The molecule has 2 nitrogen and oxygen atoms in total. The minimum absolute atomic E-state index is 0.692. The van der Waals surface area contributed by atoms with Gasteiger partial charge in [0.05, 0.1) is 5.41 Å². The summed E-state index contributed by atoms with van der Waals surface area (Å²) >= 11 is 0. The van der Waals surface area contributed by atoms with Gasteiger partial charge >= 0.3 is 0 Å². The molecule has 65 heavy (non-hydrogen) atoms. The Morgan fingerprint density at radius 2 is 0.785 bits per heavy atom. The van der Waals surface area contributed by atoms with Gasteiger partial charge in [0, 0.05) is 33.9 Å². The first kappa shape index (κ1) is 36.1. The summed E-state index contributed by atoms with van der Waals surface area (Å²) in [6, 6.07) is 87.4. The van der Waals surface area contributed by atoms with Gasteiger partial charge < -0.3 is 9.32 Å². The SMILES string of the molecule is c1ccc(-c2ccc(N(c3ccc4c(c3)C3(c5ccccc5-c5ccccc5-4)c4ccccc4-c4c3c3ccccc3c3ccccc43)c3ccc4c(c3)oc3ccccc34)cc2)cc1. The lowest BCUT2D eigenvalue weighted by atomic mass is 9.64. The van der Waals surface area contributed by atoms with Gasteiger partial charge in [-0.1, -0.05) is 188 Å². The van der Waals surface area contributed by atoms with Gasteiger partial charge in [-0.15, -0.1) is 0 Å². The fraction of sp³-hybridized carbons (Fsp3) is 0.0159. The Kier molecular flexibility index (Phi) is 7.64. The maximum Gasteiger partial charge on any atom is 0.137 e. The van der Waals surface area contributed by atoms with Crippen LogP contribution in [0.15, 0.2) is 241 Å². The number of furan rings is 1. The van der Waals surface area contributed by atoms with Crippen LogP contribution in [0.2, 0.25) is 0 Å². The molecule has 0 bridgehead atoms. The fourth-order valence-corrected chi connectivity index (χ4v) is 11.6. The molecule has 0 amide bonds. The molecule has 2 aliphatic rings. The Labute approximate surface area is 376 Å². The van der Waals surface area contributed by atoms with Crippen LogP contribution in [0.4, 0.5) is 17.1 Å². The van der Waals surface area contributed by atoms with Gasteiger partial charge in [-0.25, -0.2) is 0 Å². The highest BCUT2D eigenvalue weighted by molar-refractivity contribution is 6.20. The summed E-state index contributed by atoms with van der Waals surface area (Å²) < 4.78 is 6.58. The standard InChI is InChI=1S/C63H39NO/c1-2-16-40(17-3-1)41-30-32-42(33-31-41)64(44-35-37-52-51-23-12-15-29-59(51)65-60(52)39-44)43-34-36-50-46-19-5-4-18-45(46)49-22-10-13-27-56(49)63(58(50)38-43)57-28-14-11-26-55(57)61-53-24-8-6-20-47(53)48-21-7-9-25-54(48)62(61)63/h1-39H. The average Bonchev–Trinajstić information content (AvgIpc) is 3.88. The van der Waals surface area contributed by atoms with Crippen molar-refractivity contribution in [2.24, 2.45) is 0 Å². The van der Waals surface area contributed by atoms with Gasteiger partial charge in [0.15, 0.2) is 0 Å². The van der Waals surface area contributed by atoms with Crippen molar-refractivity contribution in [3.63, 3.8) is 0 Å². The second-order valence-electron chi connectivity index (χ2n) is 17.5. The topological polar surface area (TPSA) is 16.4 Å². The molecule has 0 fully saturated rings. The van der Waals surface area contributed by atoms with E-state index in [-0.39, 0.29) is 0 Å². The normalized spacial score (nSPS) is 14.5. The lowest BCUT2D eigenvalue weighted by Crippen LogP contribution is -2.30. The van der Waals surface area contributed by atoms with Crippen LogP contribution in [-0.4, -0.2) is 0 Å². The molecule has 0 saturated carbocycles. The first-order valence-corrected chi connectivity index (χ1v) is 22.5. The van der Waals surface area contributed by atoms with Crippen LogP contribution >= 0.6 is 0 Å². The molecule has 0 radical (unpaired) electrons. The van der Waals surface area contributed by atoms with E-state index in [1.165, 1.54) is 88.3 Å². The predicted molar refractivity (Wildman–Crippen MR) is 271 cm³/mol. The molecular formula is C63H39NO. The first-order chi connectivity index (χ1) is 32.3. The fourth-order valence-electron chi connectivity index (χ4n) is 11.6. The average molecular weight is 826 g/mol. The summed E-state index contributed by atoms with van der Waals surface area (Å²) in [5.41, 5.74) is 19.3. The van der Waals surface area contributed by atoms with Gasteiger partial charge in [-0.3, -0.25) is 0 Å². The Bertz CT molecular complexity index is 3900. The van der Waals surface area contributed by atoms with Crippen LogP contribution in [0.25, 0.3) is 88.0 Å². The van der Waals surface area contributed by atoms with Crippen molar-refractivity contribution in [2.75, 3.05) is 4.90 Å². The lowest BCUT2D eigenvalue weighted by molar-refractivity contribution is 0.669. The van der Waals surface area contributed by atoms with E-state index in [9.17, 15) is 0 Å². The molecule has 0 aliphatic heterocycles. The molecule has 1 spiro atoms. The molecule has 302 valence electrons. The molecule has 1 heterocycles. The van der Waals surface area contributed by atoms with Crippen molar-refractivity contribution in [1.82, 2.24) is 0 Å². The zero-order valence-corrected chi connectivity index (χ0v) is 35.4. The highest BCUT2D eigenvalue weighted by Gasteiger charge is 2.51. The number of rotatable bonds is 4. The summed E-state index contributed by atoms with van der Waals surface area (Å²) in [6.45, 7) is 0. The quantitative estimate of drug-likeness (QED) is 0.164. The molecule has 1 atom stereocenters. The maximum absolute atomic E-state index is 6.58. The number of fused-ring (bicyclic) bond motifs is 20. The van der Waals surface area contributed by atoms with E-state index in [4.69, 9.17) is 4.42 Å². The van der Waals surface area contributed by atoms with Crippen LogP contribution in [0.3, 0.4) is 0 Å². The zero-order chi connectivity index (χ0) is 42.6. The summed E-state index contributed by atoms with van der Waals surface area (Å²) in [4.78, 5) is 2.42. The van der Waals surface area contributed by atoms with E-state index in [0.717, 1.165) is 39.0 Å². The van der Waals surface area contributed by atoms with Crippen LogP contribution in [0.1, 0.15) is 22.3 Å². The van der Waals surface area contributed by atoms with Gasteiger partial charge in [0.25, 0.3) is 0 Å². The third-order valence-electron chi connectivity index (χ3n) is 14.3. The zero-order valence-electron chi connectivity index (χ0n) is 35.4. The van der Waals surface area contributed by atoms with E-state index >= 15 is 0 Å². The van der Waals surface area contributed by atoms with Crippen molar-refractivity contribution in [3.8, 4) is 44.5 Å². The maximum atomic E-state index is 6.58. The van der Waals surface area contributed by atoms with E-state index in [2.05, 4.69) is 235 Å². The number of hydrogen-bond donors (Lipinski definition) is 0. The van der Waals surface area contributed by atoms with Crippen LogP contribution in [-0.2, 0) is 5.41 Å². The molecule has 0 N–H and O–H groups in total. The third kappa shape index (κ3) is 5.05. The van der Waals surface area contributed by atoms with Crippen molar-refractivity contribution in [3.05, 3.63) is 259 Å². The smallest absolute Gasteiger partial charge is 0.137 e. The largest absolute Gasteiger partial charge is 0.456 e. The Morgan fingerprint density at radius 3 is 1.54 bits per heavy atom. The molecule has 12 aromatic rings. The summed E-state index contributed by atoms with van der Waals surface area (Å²) in [6.07, 6.45) is 0. The van der Waals surface area contributed by atoms with Crippen molar-refractivity contribution in [2.45, 2.75) is 5.41 Å². The van der Waals surface area contributed by atoms with Crippen LogP contribution in [0, 0.1) is 0 Å². The van der Waals surface area contributed by atoms with Gasteiger partial charge in [-0.05, 0) is 131 Å². The summed E-state index contributed by atoms with van der Waals surface area (Å²) in [7, 11) is 0. The van der Waals surface area contributed by atoms with E-state index in [1.54, 1.807) is 0 Å². The van der Waals surface area contributed by atoms with Crippen LogP contribution < -0.4 is 4.90 Å². The molecule has 14 rings (SSSR count). The molecule has 2 aliphatic carbocycles. The monoisotopic (exact) mass is 825 g/mol. The second kappa shape index (κ2) is 13.8. The van der Waals surface area contributed by atoms with Gasteiger partial charge in [0.1, 0.15) is 11.2 Å². The number of para-hydroxylation sites is 1. The summed E-state index contributed by atoms with van der Waals surface area (Å²) in [5.74, 6) is 0. The highest BCUT2D eigenvalue weighted by atomic mass is 16.3. The minimum Gasteiger partial charge on any atom is -0.456 e. The molecule has 2 heteroatoms. The van der Waals surface area contributed by atoms with Crippen molar-refractivity contribution < 1.29 is 4.42 Å². The summed E-state index contributed by atoms with van der Waals surface area (Å²) in [5, 5.41) is 7.33. The van der Waals surface area contributed by atoms with Gasteiger partial charge in [-0.2, -0.15) is 0 Å². The van der Waals surface area contributed by atoms with E-state index < -0.39 is 5.41 Å². The predicted octanol–water partition coefficient (Wildman–Crippen LogP) is 17.0. The van der Waals surface area contributed by atoms with Crippen molar-refractivity contribution in [1.29, 1.82) is 0 Å². The lowest BCUT2D eigenvalue weighted by Gasteiger charge is -2.37. The number of benzene rings is 11. The Hall–Kier alpha value is -8.46. The molecule has 11 aromatic carbocycles. The van der Waals surface area contributed by atoms with Crippen molar-refractivity contribution >= 4 is 60.5 Å². The second-order valence-corrected chi connectivity index (χ2v) is 17.5. The number of anilines is 3. The molecule has 1 aromatic heterocycles. The number of hydrogen-bond acceptors (Lipinski definition) is 2. The molecule has 1 unspecified atom stereocenters.